The van der Waals surface area contributed by atoms with Gasteiger partial charge in [-0.15, -0.1) is 0 Å². The lowest BCUT2D eigenvalue weighted by Crippen LogP contribution is -2.09. The maximum Gasteiger partial charge on any atom is 0.353 e. The molecule has 0 atom stereocenters. The highest BCUT2D eigenvalue weighted by Gasteiger charge is 2.25. The molecule has 0 aliphatic rings. The topological polar surface area (TPSA) is 119 Å². The van der Waals surface area contributed by atoms with Gasteiger partial charge in [0.25, 0.3) is 0 Å². The second-order valence-electron chi connectivity index (χ2n) is 5.97. The zero-order chi connectivity index (χ0) is 20.8. The molecule has 0 saturated carbocycles. The van der Waals surface area contributed by atoms with Crippen LogP contribution in [0.5, 0.6) is 0 Å². The van der Waals surface area contributed by atoms with Crippen LogP contribution in [0.3, 0.4) is 0 Å². The number of anilines is 4. The summed E-state index contributed by atoms with van der Waals surface area (Å²) >= 11 is 0. The molecule has 148 valence electrons. The molecule has 0 aliphatic carbocycles. The quantitative estimate of drug-likeness (QED) is 0.348. The number of carbonyl (C=O) groups excluding carboxylic acids is 1. The Kier molecular flexibility index (Phi) is 5.98. The number of methoxy groups -OCH3 is 1. The van der Waals surface area contributed by atoms with E-state index in [9.17, 15) is 14.9 Å². The van der Waals surface area contributed by atoms with Gasteiger partial charge in [0.1, 0.15) is 6.33 Å². The number of rotatable bonds is 7. The lowest BCUT2D eigenvalue weighted by atomic mass is 10.1. The van der Waals surface area contributed by atoms with Crippen LogP contribution < -0.4 is 10.6 Å². The molecule has 9 heteroatoms. The zero-order valence-electron chi connectivity index (χ0n) is 15.9. The number of nitrogens with zero attached hydrogens (tertiary/aromatic N) is 3. The van der Waals surface area contributed by atoms with Crippen molar-refractivity contribution < 1.29 is 14.5 Å². The molecule has 0 fully saturated rings. The fourth-order valence-electron chi connectivity index (χ4n) is 2.82. The number of nitro groups is 1. The number of nitrogens with one attached hydrogen (secondary N) is 2. The van der Waals surface area contributed by atoms with Crippen LogP contribution in [0, 0.1) is 10.1 Å². The Morgan fingerprint density at radius 3 is 2.24 bits per heavy atom. The van der Waals surface area contributed by atoms with Crippen molar-refractivity contribution in [1.29, 1.82) is 0 Å². The molecule has 29 heavy (non-hydrogen) atoms. The molecule has 1 heterocycles. The normalized spacial score (nSPS) is 10.3. The molecule has 2 aromatic carbocycles. The fraction of sp³-hybridized carbons (Fsp3) is 0.150. The first-order valence-electron chi connectivity index (χ1n) is 8.83. The van der Waals surface area contributed by atoms with Gasteiger partial charge in [0.2, 0.25) is 11.6 Å². The summed E-state index contributed by atoms with van der Waals surface area (Å²) in [5.41, 5.74) is 1.94. The number of esters is 1. The highest BCUT2D eigenvalue weighted by Crippen LogP contribution is 2.34. The average molecular weight is 393 g/mol. The van der Waals surface area contributed by atoms with Gasteiger partial charge >= 0.3 is 11.7 Å². The second-order valence-corrected chi connectivity index (χ2v) is 5.97. The standard InChI is InChI=1S/C20H19N5O4/c1-3-13-8-4-6-10-15(13)23-18-17(25(27)28)19(22-12-21-18)24-16-11-7-5-9-14(16)20(26)29-2/h4-12H,3H2,1-2H3,(H2,21,22,23,24). The van der Waals surface area contributed by atoms with Gasteiger partial charge in [-0.3, -0.25) is 10.1 Å². The molecule has 0 amide bonds. The SMILES string of the molecule is CCc1ccccc1Nc1ncnc(Nc2ccccc2C(=O)OC)c1[N+](=O)[O-]. The summed E-state index contributed by atoms with van der Waals surface area (Å²) < 4.78 is 4.76. The van der Waals surface area contributed by atoms with Crippen molar-refractivity contribution in [3.8, 4) is 0 Å². The van der Waals surface area contributed by atoms with Crippen LogP contribution in [-0.2, 0) is 11.2 Å². The van der Waals surface area contributed by atoms with E-state index in [-0.39, 0.29) is 22.9 Å². The molecule has 0 aliphatic heterocycles. The van der Waals surface area contributed by atoms with E-state index < -0.39 is 10.9 Å². The summed E-state index contributed by atoms with van der Waals surface area (Å²) in [4.78, 5) is 31.3. The monoisotopic (exact) mass is 393 g/mol. The maximum atomic E-state index is 12.0. The fourth-order valence-corrected chi connectivity index (χ4v) is 2.82. The molecular formula is C20H19N5O4. The number of benzene rings is 2. The Balaban J connectivity index is 2.03. The number of ether oxygens (including phenoxy) is 1. The number of para-hydroxylation sites is 2. The molecule has 2 N–H and O–H groups in total. The van der Waals surface area contributed by atoms with Gasteiger partial charge in [-0.1, -0.05) is 37.3 Å². The van der Waals surface area contributed by atoms with Crippen LogP contribution in [0.2, 0.25) is 0 Å². The number of hydrogen-bond donors (Lipinski definition) is 2. The Morgan fingerprint density at radius 2 is 1.62 bits per heavy atom. The maximum absolute atomic E-state index is 12.0. The van der Waals surface area contributed by atoms with Gasteiger partial charge in [0.15, 0.2) is 0 Å². The van der Waals surface area contributed by atoms with Crippen LogP contribution in [0.15, 0.2) is 54.9 Å². The second kappa shape index (κ2) is 8.79. The lowest BCUT2D eigenvalue weighted by Gasteiger charge is -2.13. The van der Waals surface area contributed by atoms with E-state index in [1.165, 1.54) is 13.4 Å². The van der Waals surface area contributed by atoms with E-state index in [1.54, 1.807) is 24.3 Å². The highest BCUT2D eigenvalue weighted by atomic mass is 16.6. The van der Waals surface area contributed by atoms with Crippen molar-refractivity contribution in [2.45, 2.75) is 13.3 Å². The number of aromatic nitrogens is 2. The van der Waals surface area contributed by atoms with Gasteiger partial charge in [-0.05, 0) is 30.2 Å². The Hall–Kier alpha value is -4.01. The van der Waals surface area contributed by atoms with Crippen molar-refractivity contribution in [1.82, 2.24) is 9.97 Å². The minimum Gasteiger partial charge on any atom is -0.465 e. The van der Waals surface area contributed by atoms with Crippen LogP contribution in [-0.4, -0.2) is 28.0 Å². The third kappa shape index (κ3) is 4.29. The van der Waals surface area contributed by atoms with Gasteiger partial charge in [0, 0.05) is 5.69 Å². The van der Waals surface area contributed by atoms with Crippen molar-refractivity contribution >= 4 is 34.7 Å². The first kappa shape index (κ1) is 19.7. The highest BCUT2D eigenvalue weighted by molar-refractivity contribution is 5.96. The Labute approximate surface area is 166 Å². The summed E-state index contributed by atoms with van der Waals surface area (Å²) in [5, 5.41) is 17.7. The summed E-state index contributed by atoms with van der Waals surface area (Å²) in [6.07, 6.45) is 1.96. The predicted octanol–water partition coefficient (Wildman–Crippen LogP) is 4.22. The van der Waals surface area contributed by atoms with Crippen LogP contribution in [0.1, 0.15) is 22.8 Å². The number of hydrogen-bond acceptors (Lipinski definition) is 8. The van der Waals surface area contributed by atoms with E-state index in [0.29, 0.717) is 5.69 Å². The van der Waals surface area contributed by atoms with Gasteiger partial charge in [-0.2, -0.15) is 0 Å². The smallest absolute Gasteiger partial charge is 0.353 e. The minimum atomic E-state index is -0.569. The van der Waals surface area contributed by atoms with Crippen molar-refractivity contribution in [2.24, 2.45) is 0 Å². The minimum absolute atomic E-state index is 0.0437. The molecule has 1 aromatic heterocycles. The summed E-state index contributed by atoms with van der Waals surface area (Å²) in [6.45, 7) is 1.99. The molecule has 9 nitrogen and oxygen atoms in total. The van der Waals surface area contributed by atoms with Crippen LogP contribution in [0.25, 0.3) is 0 Å². The van der Waals surface area contributed by atoms with Crippen molar-refractivity contribution in [3.63, 3.8) is 0 Å². The largest absolute Gasteiger partial charge is 0.465 e. The van der Waals surface area contributed by atoms with Crippen molar-refractivity contribution in [3.05, 3.63) is 76.1 Å². The molecule has 3 aromatic rings. The summed E-state index contributed by atoms with van der Waals surface area (Å²) in [6, 6.07) is 14.0. The van der Waals surface area contributed by atoms with Gasteiger partial charge in [-0.25, -0.2) is 14.8 Å². The van der Waals surface area contributed by atoms with Gasteiger partial charge < -0.3 is 15.4 Å². The molecule has 0 spiro atoms. The molecule has 3 rings (SSSR count). The first-order chi connectivity index (χ1) is 14.0. The molecule has 0 unspecified atom stereocenters. The first-order valence-corrected chi connectivity index (χ1v) is 8.83. The van der Waals surface area contributed by atoms with E-state index >= 15 is 0 Å². The summed E-state index contributed by atoms with van der Waals surface area (Å²) in [5.74, 6) is -0.568. The third-order valence-corrected chi connectivity index (χ3v) is 4.24. The van der Waals surface area contributed by atoms with E-state index in [1.807, 2.05) is 31.2 Å². The van der Waals surface area contributed by atoms with E-state index in [0.717, 1.165) is 17.7 Å². The Bertz CT molecular complexity index is 1050. The molecule has 0 bridgehead atoms. The van der Waals surface area contributed by atoms with E-state index in [4.69, 9.17) is 4.74 Å². The predicted molar refractivity (Wildman–Crippen MR) is 109 cm³/mol. The third-order valence-electron chi connectivity index (χ3n) is 4.24. The van der Waals surface area contributed by atoms with Crippen molar-refractivity contribution in [2.75, 3.05) is 17.7 Å². The summed E-state index contributed by atoms with van der Waals surface area (Å²) in [7, 11) is 1.26. The number of carbonyl (C=O) groups is 1. The molecular weight excluding hydrogens is 374 g/mol. The van der Waals surface area contributed by atoms with E-state index in [2.05, 4.69) is 20.6 Å². The molecule has 0 saturated heterocycles. The van der Waals surface area contributed by atoms with Gasteiger partial charge in [0.05, 0.1) is 23.3 Å². The lowest BCUT2D eigenvalue weighted by molar-refractivity contribution is -0.383. The van der Waals surface area contributed by atoms with Crippen LogP contribution in [0.4, 0.5) is 28.7 Å². The molecule has 0 radical (unpaired) electrons. The Morgan fingerprint density at radius 1 is 1.03 bits per heavy atom. The zero-order valence-corrected chi connectivity index (χ0v) is 15.9. The average Bonchev–Trinajstić information content (AvgIpc) is 2.74. The number of aryl methyl sites for hydroxylation is 1. The van der Waals surface area contributed by atoms with Crippen LogP contribution >= 0.6 is 0 Å².